The average Bonchev–Trinajstić information content (AvgIpc) is 2.37. The Labute approximate surface area is 121 Å². The smallest absolute Gasteiger partial charge is 0.200 e. The number of ketones is 1. The molecule has 0 aliphatic heterocycles. The number of carbonyl (C=O) groups excluding carboxylic acids is 1. The van der Waals surface area contributed by atoms with Crippen LogP contribution in [0.4, 0.5) is 0 Å². The summed E-state index contributed by atoms with van der Waals surface area (Å²) in [6.07, 6.45) is 0. The molecule has 0 saturated heterocycles. The van der Waals surface area contributed by atoms with Crippen LogP contribution in [-0.2, 0) is 0 Å². The zero-order valence-electron chi connectivity index (χ0n) is 10.9. The molecule has 19 heavy (non-hydrogen) atoms. The minimum absolute atomic E-state index is 0.000388. The number of aryl methyl sites for hydroxylation is 2. The molecule has 0 fully saturated rings. The molecule has 0 radical (unpaired) electrons. The Morgan fingerprint density at radius 1 is 1.11 bits per heavy atom. The Kier molecular flexibility index (Phi) is 4.38. The van der Waals surface area contributed by atoms with Gasteiger partial charge in [0.15, 0.2) is 12.4 Å². The van der Waals surface area contributed by atoms with Gasteiger partial charge in [0, 0.05) is 10.0 Å². The Bertz CT molecular complexity index is 588. The molecule has 0 spiro atoms. The van der Waals surface area contributed by atoms with Gasteiger partial charge in [-0.05, 0) is 43.7 Å². The van der Waals surface area contributed by atoms with Crippen molar-refractivity contribution in [1.29, 1.82) is 0 Å². The van der Waals surface area contributed by atoms with Crippen LogP contribution >= 0.6 is 15.9 Å². The van der Waals surface area contributed by atoms with E-state index in [4.69, 9.17) is 4.74 Å². The van der Waals surface area contributed by atoms with Crippen molar-refractivity contribution in [2.24, 2.45) is 0 Å². The van der Waals surface area contributed by atoms with Crippen LogP contribution < -0.4 is 4.74 Å². The standard InChI is InChI=1S/C16H15BrO2/c1-11-3-8-15(12(2)9-11)16(18)10-19-14-6-4-13(17)5-7-14/h3-9H,10H2,1-2H3. The highest BCUT2D eigenvalue weighted by Gasteiger charge is 2.09. The fourth-order valence-electron chi connectivity index (χ4n) is 1.88. The fourth-order valence-corrected chi connectivity index (χ4v) is 2.15. The molecule has 2 rings (SSSR count). The van der Waals surface area contributed by atoms with E-state index in [-0.39, 0.29) is 12.4 Å². The molecule has 0 unspecified atom stereocenters. The predicted octanol–water partition coefficient (Wildman–Crippen LogP) is 4.33. The topological polar surface area (TPSA) is 26.3 Å². The van der Waals surface area contributed by atoms with Gasteiger partial charge >= 0.3 is 0 Å². The maximum absolute atomic E-state index is 12.1. The van der Waals surface area contributed by atoms with E-state index in [2.05, 4.69) is 15.9 Å². The molecule has 0 atom stereocenters. The molecule has 0 aromatic heterocycles. The number of carbonyl (C=O) groups is 1. The fraction of sp³-hybridized carbons (Fsp3) is 0.188. The highest BCUT2D eigenvalue weighted by Crippen LogP contribution is 2.17. The molecule has 3 heteroatoms. The average molecular weight is 319 g/mol. The van der Waals surface area contributed by atoms with Gasteiger partial charge in [0.25, 0.3) is 0 Å². The zero-order chi connectivity index (χ0) is 13.8. The molecule has 0 N–H and O–H groups in total. The zero-order valence-corrected chi connectivity index (χ0v) is 12.5. The Hall–Kier alpha value is -1.61. The lowest BCUT2D eigenvalue weighted by molar-refractivity contribution is 0.0921. The minimum Gasteiger partial charge on any atom is -0.485 e. The Morgan fingerprint density at radius 3 is 2.42 bits per heavy atom. The van der Waals surface area contributed by atoms with Gasteiger partial charge < -0.3 is 4.74 Å². The van der Waals surface area contributed by atoms with E-state index in [0.29, 0.717) is 5.75 Å². The van der Waals surface area contributed by atoms with E-state index in [1.807, 2.05) is 56.3 Å². The second-order valence-electron chi connectivity index (χ2n) is 4.48. The Morgan fingerprint density at radius 2 is 1.79 bits per heavy atom. The van der Waals surface area contributed by atoms with E-state index in [1.54, 1.807) is 0 Å². The predicted molar refractivity (Wildman–Crippen MR) is 79.9 cm³/mol. The summed E-state index contributed by atoms with van der Waals surface area (Å²) in [5, 5.41) is 0. The third-order valence-corrected chi connectivity index (χ3v) is 3.39. The molecular weight excluding hydrogens is 304 g/mol. The third kappa shape index (κ3) is 3.67. The van der Waals surface area contributed by atoms with Crippen LogP contribution in [0.15, 0.2) is 46.9 Å². The van der Waals surface area contributed by atoms with E-state index in [9.17, 15) is 4.79 Å². The molecule has 0 bridgehead atoms. The van der Waals surface area contributed by atoms with Crippen LogP contribution in [0.5, 0.6) is 5.75 Å². The van der Waals surface area contributed by atoms with Crippen molar-refractivity contribution in [3.63, 3.8) is 0 Å². The van der Waals surface area contributed by atoms with Crippen molar-refractivity contribution in [2.75, 3.05) is 6.61 Å². The van der Waals surface area contributed by atoms with Crippen LogP contribution in [0, 0.1) is 13.8 Å². The van der Waals surface area contributed by atoms with Crippen LogP contribution in [0.25, 0.3) is 0 Å². The van der Waals surface area contributed by atoms with E-state index >= 15 is 0 Å². The minimum atomic E-state index is 0.000388. The Balaban J connectivity index is 2.03. The number of Topliss-reactive ketones (excluding diaryl/α,β-unsaturated/α-hetero) is 1. The first kappa shape index (κ1) is 13.8. The largest absolute Gasteiger partial charge is 0.485 e. The van der Waals surface area contributed by atoms with E-state index < -0.39 is 0 Å². The van der Waals surface area contributed by atoms with E-state index in [0.717, 1.165) is 21.2 Å². The van der Waals surface area contributed by atoms with Gasteiger partial charge in [-0.15, -0.1) is 0 Å². The molecule has 0 heterocycles. The van der Waals surface area contributed by atoms with Crippen LogP contribution in [0.1, 0.15) is 21.5 Å². The summed E-state index contributed by atoms with van der Waals surface area (Å²) in [4.78, 5) is 12.1. The molecule has 0 aliphatic rings. The second kappa shape index (κ2) is 6.02. The quantitative estimate of drug-likeness (QED) is 0.784. The molecule has 0 saturated carbocycles. The van der Waals surface area contributed by atoms with Gasteiger partial charge in [-0.1, -0.05) is 39.7 Å². The monoisotopic (exact) mass is 318 g/mol. The summed E-state index contributed by atoms with van der Waals surface area (Å²) >= 11 is 3.36. The van der Waals surface area contributed by atoms with Gasteiger partial charge in [-0.2, -0.15) is 0 Å². The number of ether oxygens (including phenoxy) is 1. The number of hydrogen-bond donors (Lipinski definition) is 0. The first-order valence-corrected chi connectivity index (χ1v) is 6.84. The summed E-state index contributed by atoms with van der Waals surface area (Å²) in [6, 6.07) is 13.2. The van der Waals surface area contributed by atoms with Crippen molar-refractivity contribution >= 4 is 21.7 Å². The van der Waals surface area contributed by atoms with Crippen LogP contribution in [0.2, 0.25) is 0 Å². The molecular formula is C16H15BrO2. The third-order valence-electron chi connectivity index (χ3n) is 2.87. The number of halogens is 1. The molecule has 0 aliphatic carbocycles. The van der Waals surface area contributed by atoms with Gasteiger partial charge in [0.1, 0.15) is 5.75 Å². The van der Waals surface area contributed by atoms with Crippen molar-refractivity contribution in [3.05, 3.63) is 63.6 Å². The van der Waals surface area contributed by atoms with Crippen molar-refractivity contribution in [2.45, 2.75) is 13.8 Å². The summed E-state index contributed by atoms with van der Waals surface area (Å²) < 4.78 is 6.48. The number of hydrogen-bond acceptors (Lipinski definition) is 2. The highest BCUT2D eigenvalue weighted by atomic mass is 79.9. The second-order valence-corrected chi connectivity index (χ2v) is 5.40. The summed E-state index contributed by atoms with van der Waals surface area (Å²) in [7, 11) is 0. The lowest BCUT2D eigenvalue weighted by Crippen LogP contribution is -2.12. The maximum atomic E-state index is 12.1. The van der Waals surface area contributed by atoms with Crippen molar-refractivity contribution in [1.82, 2.24) is 0 Å². The van der Waals surface area contributed by atoms with Gasteiger partial charge in [-0.3, -0.25) is 4.79 Å². The lowest BCUT2D eigenvalue weighted by atomic mass is 10.0. The van der Waals surface area contributed by atoms with Gasteiger partial charge in [-0.25, -0.2) is 0 Å². The lowest BCUT2D eigenvalue weighted by Gasteiger charge is -2.08. The molecule has 98 valence electrons. The molecule has 2 nitrogen and oxygen atoms in total. The van der Waals surface area contributed by atoms with Gasteiger partial charge in [0.05, 0.1) is 0 Å². The number of benzene rings is 2. The van der Waals surface area contributed by atoms with Crippen LogP contribution in [0.3, 0.4) is 0 Å². The van der Waals surface area contributed by atoms with E-state index in [1.165, 1.54) is 0 Å². The van der Waals surface area contributed by atoms with Gasteiger partial charge in [0.2, 0.25) is 0 Å². The summed E-state index contributed by atoms with van der Waals surface area (Å²) in [5.74, 6) is 0.696. The van der Waals surface area contributed by atoms with Crippen molar-refractivity contribution in [3.8, 4) is 5.75 Å². The highest BCUT2D eigenvalue weighted by molar-refractivity contribution is 9.10. The summed E-state index contributed by atoms with van der Waals surface area (Å²) in [5.41, 5.74) is 2.87. The molecule has 0 amide bonds. The molecule has 2 aromatic carbocycles. The number of rotatable bonds is 4. The molecule has 2 aromatic rings. The first-order valence-electron chi connectivity index (χ1n) is 6.05. The maximum Gasteiger partial charge on any atom is 0.200 e. The van der Waals surface area contributed by atoms with Crippen molar-refractivity contribution < 1.29 is 9.53 Å². The first-order chi connectivity index (χ1) is 9.06. The SMILES string of the molecule is Cc1ccc(C(=O)COc2ccc(Br)cc2)c(C)c1. The van der Waals surface area contributed by atoms with Crippen LogP contribution in [-0.4, -0.2) is 12.4 Å². The normalized spacial score (nSPS) is 10.3. The summed E-state index contributed by atoms with van der Waals surface area (Å²) in [6.45, 7) is 4.02.